The number of carbonyl (C=O) groups excluding carboxylic acids is 2. The lowest BCUT2D eigenvalue weighted by Crippen LogP contribution is -2.88. The number of aryl methyl sites for hydroxylation is 1. The van der Waals surface area contributed by atoms with Gasteiger partial charge >= 0.3 is 0 Å². The summed E-state index contributed by atoms with van der Waals surface area (Å²) in [6.45, 7) is 4.62. The first-order valence-electron chi connectivity index (χ1n) is 9.59. The summed E-state index contributed by atoms with van der Waals surface area (Å²) in [5.74, 6) is -0.147. The fraction of sp³-hybridized carbons (Fsp3) is 0.429. The number of anilines is 1. The lowest BCUT2D eigenvalue weighted by Gasteiger charge is -2.19. The van der Waals surface area contributed by atoms with Gasteiger partial charge in [-0.05, 0) is 31.2 Å². The van der Waals surface area contributed by atoms with E-state index in [1.165, 1.54) is 21.8 Å². The molecule has 5 nitrogen and oxygen atoms in total. The van der Waals surface area contributed by atoms with Crippen LogP contribution in [0.5, 0.6) is 0 Å². The Hall–Kier alpha value is -2.18. The maximum absolute atomic E-state index is 12.6. The average Bonchev–Trinajstić information content (AvgIpc) is 3.00. The van der Waals surface area contributed by atoms with Crippen LogP contribution in [-0.4, -0.2) is 18.4 Å². The van der Waals surface area contributed by atoms with E-state index >= 15 is 0 Å². The first kappa shape index (κ1) is 19.6. The molecule has 5 N–H and O–H groups in total. The molecule has 1 aliphatic rings. The summed E-state index contributed by atoms with van der Waals surface area (Å²) in [5.41, 5.74) is 8.38. The summed E-state index contributed by atoms with van der Waals surface area (Å²) in [6, 6.07) is 10.4. The zero-order valence-corrected chi connectivity index (χ0v) is 16.8. The van der Waals surface area contributed by atoms with Crippen molar-refractivity contribution in [2.75, 3.05) is 11.9 Å². The van der Waals surface area contributed by atoms with Gasteiger partial charge in [0.2, 0.25) is 0 Å². The van der Waals surface area contributed by atoms with E-state index in [9.17, 15) is 9.59 Å². The zero-order chi connectivity index (χ0) is 19.4. The van der Waals surface area contributed by atoms with Gasteiger partial charge in [0.15, 0.2) is 6.54 Å². The molecule has 1 aliphatic carbocycles. The van der Waals surface area contributed by atoms with Crippen LogP contribution in [0, 0.1) is 5.92 Å². The molecular weight excluding hydrogens is 358 g/mol. The van der Waals surface area contributed by atoms with Crippen molar-refractivity contribution < 1.29 is 14.9 Å². The number of primary amides is 1. The number of carbonyl (C=O) groups is 2. The van der Waals surface area contributed by atoms with Crippen LogP contribution in [0.2, 0.25) is 0 Å². The molecule has 0 radical (unpaired) electrons. The van der Waals surface area contributed by atoms with Gasteiger partial charge in [-0.15, -0.1) is 11.3 Å². The summed E-state index contributed by atoms with van der Waals surface area (Å²) < 4.78 is 0. The predicted molar refractivity (Wildman–Crippen MR) is 109 cm³/mol. The highest BCUT2D eigenvalue weighted by Gasteiger charge is 2.26. The molecule has 1 aromatic heterocycles. The lowest BCUT2D eigenvalue weighted by atomic mass is 9.95. The third kappa shape index (κ3) is 4.57. The molecule has 0 fully saturated rings. The van der Waals surface area contributed by atoms with Crippen molar-refractivity contribution in [3.05, 3.63) is 51.9 Å². The lowest BCUT2D eigenvalue weighted by molar-refractivity contribution is -0.692. The number of fused-ring (bicyclic) bond motifs is 1. The van der Waals surface area contributed by atoms with Gasteiger partial charge in [0, 0.05) is 16.4 Å². The van der Waals surface area contributed by atoms with Gasteiger partial charge in [0.05, 0.1) is 5.56 Å². The Morgan fingerprint density at radius 2 is 1.89 bits per heavy atom. The number of thiophene rings is 1. The minimum Gasteiger partial charge on any atom is -0.365 e. The fourth-order valence-electron chi connectivity index (χ4n) is 3.79. The summed E-state index contributed by atoms with van der Waals surface area (Å²) >= 11 is 1.51. The Kier molecular flexibility index (Phi) is 6.29. The average molecular weight is 387 g/mol. The highest BCUT2D eigenvalue weighted by Crippen LogP contribution is 2.37. The molecule has 1 aromatic carbocycles. The van der Waals surface area contributed by atoms with E-state index in [-0.39, 0.29) is 11.9 Å². The Labute approximate surface area is 164 Å². The van der Waals surface area contributed by atoms with Crippen LogP contribution in [-0.2, 0) is 17.6 Å². The third-order valence-electron chi connectivity index (χ3n) is 5.13. The molecular formula is C21H28N3O2S+. The van der Waals surface area contributed by atoms with Gasteiger partial charge in [-0.3, -0.25) is 9.59 Å². The molecule has 1 heterocycles. The monoisotopic (exact) mass is 386 g/mol. The molecule has 27 heavy (non-hydrogen) atoms. The zero-order valence-electron chi connectivity index (χ0n) is 16.0. The van der Waals surface area contributed by atoms with Gasteiger partial charge in [-0.25, -0.2) is 0 Å². The number of amides is 2. The van der Waals surface area contributed by atoms with E-state index in [2.05, 4.69) is 36.6 Å². The second-order valence-corrected chi connectivity index (χ2v) is 8.55. The van der Waals surface area contributed by atoms with Gasteiger partial charge in [0.1, 0.15) is 11.0 Å². The maximum Gasteiger partial charge on any atom is 0.280 e. The number of benzene rings is 1. The van der Waals surface area contributed by atoms with Crippen molar-refractivity contribution in [3.8, 4) is 0 Å². The Morgan fingerprint density at radius 1 is 1.19 bits per heavy atom. The maximum atomic E-state index is 12.6. The molecule has 2 aromatic rings. The number of rotatable bonds is 7. The van der Waals surface area contributed by atoms with E-state index in [1.807, 2.05) is 18.2 Å². The Balaban J connectivity index is 1.69. The second-order valence-electron chi connectivity index (χ2n) is 7.45. The SMILES string of the molecule is CC(C)[C@H]([NH2+]CC(=O)Nc1sc2c(c1C(N)=O)CCCC2)c1ccccc1. The number of nitrogens with two attached hydrogens (primary N) is 2. The van der Waals surface area contributed by atoms with E-state index in [1.54, 1.807) is 0 Å². The van der Waals surface area contributed by atoms with Gasteiger partial charge < -0.3 is 16.4 Å². The van der Waals surface area contributed by atoms with Crippen LogP contribution in [0.4, 0.5) is 5.00 Å². The van der Waals surface area contributed by atoms with Gasteiger partial charge in [-0.2, -0.15) is 0 Å². The topological polar surface area (TPSA) is 88.8 Å². The minimum absolute atomic E-state index is 0.0994. The van der Waals surface area contributed by atoms with E-state index in [4.69, 9.17) is 5.73 Å². The molecule has 0 saturated heterocycles. The molecule has 0 bridgehead atoms. The van der Waals surface area contributed by atoms with Gasteiger partial charge in [0.25, 0.3) is 11.8 Å². The third-order valence-corrected chi connectivity index (χ3v) is 6.34. The van der Waals surface area contributed by atoms with Gasteiger partial charge in [-0.1, -0.05) is 44.2 Å². The molecule has 6 heteroatoms. The fourth-order valence-corrected chi connectivity index (χ4v) is 5.11. The highest BCUT2D eigenvalue weighted by molar-refractivity contribution is 7.17. The largest absolute Gasteiger partial charge is 0.365 e. The number of hydrogen-bond acceptors (Lipinski definition) is 3. The molecule has 0 aliphatic heterocycles. The minimum atomic E-state index is -0.446. The van der Waals surface area contributed by atoms with Crippen LogP contribution in [0.25, 0.3) is 0 Å². The standard InChI is InChI=1S/C21H27N3O2S/c1-13(2)19(14-8-4-3-5-9-14)23-12-17(25)24-21-18(20(22)26)15-10-6-7-11-16(15)27-21/h3-5,8-9,13,19,23H,6-7,10-12H2,1-2H3,(H2,22,26)(H,24,25)/p+1/t19-/m0/s1. The number of hydrogen-bond donors (Lipinski definition) is 3. The van der Waals surface area contributed by atoms with Crippen molar-refractivity contribution in [3.63, 3.8) is 0 Å². The normalized spacial score (nSPS) is 14.6. The quantitative estimate of drug-likeness (QED) is 0.683. The summed E-state index contributed by atoms with van der Waals surface area (Å²) in [7, 11) is 0. The predicted octanol–water partition coefficient (Wildman–Crippen LogP) is 2.62. The summed E-state index contributed by atoms with van der Waals surface area (Å²) in [4.78, 5) is 25.7. The van der Waals surface area contributed by atoms with Crippen LogP contribution >= 0.6 is 11.3 Å². The molecule has 3 rings (SSSR count). The van der Waals surface area contributed by atoms with Crippen LogP contribution < -0.4 is 16.4 Å². The molecule has 0 unspecified atom stereocenters. The molecule has 0 saturated carbocycles. The van der Waals surface area contributed by atoms with E-state index < -0.39 is 5.91 Å². The molecule has 0 spiro atoms. The first-order valence-corrected chi connectivity index (χ1v) is 10.4. The number of nitrogens with one attached hydrogen (secondary N) is 1. The van der Waals surface area contributed by atoms with Crippen molar-refractivity contribution in [2.45, 2.75) is 45.6 Å². The Morgan fingerprint density at radius 3 is 2.56 bits per heavy atom. The van der Waals surface area contributed by atoms with Crippen molar-refractivity contribution in [2.24, 2.45) is 11.7 Å². The van der Waals surface area contributed by atoms with Crippen molar-refractivity contribution in [1.29, 1.82) is 0 Å². The number of quaternary nitrogens is 1. The molecule has 2 amide bonds. The summed E-state index contributed by atoms with van der Waals surface area (Å²) in [6.07, 6.45) is 4.03. The van der Waals surface area contributed by atoms with Crippen molar-refractivity contribution >= 4 is 28.2 Å². The van der Waals surface area contributed by atoms with E-state index in [0.717, 1.165) is 31.2 Å². The Bertz CT molecular complexity index is 814. The second kappa shape index (κ2) is 8.67. The first-order chi connectivity index (χ1) is 13.0. The van der Waals surface area contributed by atoms with Crippen molar-refractivity contribution in [1.82, 2.24) is 0 Å². The van der Waals surface area contributed by atoms with Crippen LogP contribution in [0.15, 0.2) is 30.3 Å². The molecule has 1 atom stereocenters. The molecule has 144 valence electrons. The van der Waals surface area contributed by atoms with Crippen LogP contribution in [0.1, 0.15) is 59.1 Å². The van der Waals surface area contributed by atoms with E-state index in [0.29, 0.717) is 23.0 Å². The summed E-state index contributed by atoms with van der Waals surface area (Å²) in [5, 5.41) is 5.62. The van der Waals surface area contributed by atoms with Crippen LogP contribution in [0.3, 0.4) is 0 Å². The smallest absolute Gasteiger partial charge is 0.280 e. The highest BCUT2D eigenvalue weighted by atomic mass is 32.1.